The maximum Gasteiger partial charge on any atom is 0.263 e. The normalized spacial score (nSPS) is 11.6. The number of pyridine rings is 2. The fourth-order valence-electron chi connectivity index (χ4n) is 3.59. The van der Waals surface area contributed by atoms with Crippen molar-refractivity contribution < 1.29 is 4.79 Å². The van der Waals surface area contributed by atoms with Crippen LogP contribution in [0.1, 0.15) is 69.6 Å². The number of primary amides is 1. The predicted octanol–water partition coefficient (Wildman–Crippen LogP) is 4.45. The Morgan fingerprint density at radius 3 is 2.24 bits per heavy atom. The minimum atomic E-state index is -0.667. The summed E-state index contributed by atoms with van der Waals surface area (Å²) in [5.41, 5.74) is 9.18. The van der Waals surface area contributed by atoms with E-state index >= 15 is 0 Å². The van der Waals surface area contributed by atoms with E-state index in [2.05, 4.69) is 52.6 Å². The van der Waals surface area contributed by atoms with Crippen molar-refractivity contribution >= 4 is 5.91 Å². The molecule has 0 aliphatic carbocycles. The molecule has 5 nitrogen and oxygen atoms in total. The topological polar surface area (TPSA) is 78.0 Å². The van der Waals surface area contributed by atoms with E-state index < -0.39 is 5.91 Å². The molecular weight excluding hydrogens is 362 g/mol. The Morgan fingerprint density at radius 2 is 1.69 bits per heavy atom. The number of aromatic nitrogens is 2. The average molecular weight is 398 g/mol. The van der Waals surface area contributed by atoms with E-state index in [9.17, 15) is 9.59 Å². The van der Waals surface area contributed by atoms with Gasteiger partial charge in [0.2, 0.25) is 0 Å². The van der Waals surface area contributed by atoms with Crippen LogP contribution in [0.3, 0.4) is 0 Å². The maximum absolute atomic E-state index is 13.2. The maximum atomic E-state index is 13.2. The second-order valence-corrected chi connectivity index (χ2v) is 9.17. The van der Waals surface area contributed by atoms with Crippen LogP contribution in [0.15, 0.2) is 29.2 Å². The second kappa shape index (κ2) is 9.86. The summed E-state index contributed by atoms with van der Waals surface area (Å²) in [6.45, 7) is 13.4. The van der Waals surface area contributed by atoms with Crippen molar-refractivity contribution in [1.29, 1.82) is 0 Å². The zero-order valence-corrected chi connectivity index (χ0v) is 18.7. The van der Waals surface area contributed by atoms with Gasteiger partial charge in [-0.25, -0.2) is 0 Å². The van der Waals surface area contributed by atoms with Crippen LogP contribution in [0.4, 0.5) is 0 Å². The number of hydrogen-bond acceptors (Lipinski definition) is 3. The number of carbonyl (C=O) groups is 1. The highest BCUT2D eigenvalue weighted by atomic mass is 16.2. The van der Waals surface area contributed by atoms with Crippen LogP contribution in [-0.2, 0) is 19.4 Å². The van der Waals surface area contributed by atoms with Crippen molar-refractivity contribution in [3.8, 4) is 11.3 Å². The van der Waals surface area contributed by atoms with E-state index in [4.69, 9.17) is 5.73 Å². The number of nitrogens with zero attached hydrogens (tertiary/aromatic N) is 2. The molecule has 2 rings (SSSR count). The molecule has 29 heavy (non-hydrogen) atoms. The number of rotatable bonds is 9. The molecule has 2 heterocycles. The largest absolute Gasteiger partial charge is 0.365 e. The van der Waals surface area contributed by atoms with Gasteiger partial charge in [-0.2, -0.15) is 0 Å². The number of amides is 1. The van der Waals surface area contributed by atoms with Gasteiger partial charge in [0.1, 0.15) is 5.56 Å². The average Bonchev–Trinajstić information content (AvgIpc) is 2.60. The lowest BCUT2D eigenvalue weighted by atomic mass is 9.95. The Labute approximate surface area is 174 Å². The Hall–Kier alpha value is -2.43. The van der Waals surface area contributed by atoms with Gasteiger partial charge in [0.05, 0.1) is 5.69 Å². The van der Waals surface area contributed by atoms with Gasteiger partial charge in [0.15, 0.2) is 0 Å². The quantitative estimate of drug-likeness (QED) is 0.679. The van der Waals surface area contributed by atoms with Crippen molar-refractivity contribution in [2.45, 2.75) is 67.3 Å². The summed E-state index contributed by atoms with van der Waals surface area (Å²) in [5, 5.41) is 0. The molecule has 2 aromatic heterocycles. The third kappa shape index (κ3) is 6.02. The van der Waals surface area contributed by atoms with E-state index in [1.54, 1.807) is 10.6 Å². The highest BCUT2D eigenvalue weighted by Crippen LogP contribution is 2.27. The number of carbonyl (C=O) groups excluding carboxylic acids is 1. The molecule has 0 unspecified atom stereocenters. The van der Waals surface area contributed by atoms with Gasteiger partial charge < -0.3 is 10.3 Å². The van der Waals surface area contributed by atoms with Crippen molar-refractivity contribution in [3.05, 3.63) is 51.6 Å². The first-order valence-corrected chi connectivity index (χ1v) is 10.6. The van der Waals surface area contributed by atoms with Gasteiger partial charge in [-0.15, -0.1) is 0 Å². The summed E-state index contributed by atoms with van der Waals surface area (Å²) in [6, 6.07) is 5.74. The van der Waals surface area contributed by atoms with Crippen LogP contribution in [-0.4, -0.2) is 15.5 Å². The van der Waals surface area contributed by atoms with Crippen LogP contribution in [0.25, 0.3) is 11.3 Å². The second-order valence-electron chi connectivity index (χ2n) is 9.17. The highest BCUT2D eigenvalue weighted by Gasteiger charge is 2.20. The van der Waals surface area contributed by atoms with Crippen molar-refractivity contribution in [2.75, 3.05) is 0 Å². The smallest absolute Gasteiger partial charge is 0.263 e. The van der Waals surface area contributed by atoms with E-state index in [1.165, 1.54) is 0 Å². The summed E-state index contributed by atoms with van der Waals surface area (Å²) in [7, 11) is 0. The summed E-state index contributed by atoms with van der Waals surface area (Å²) in [6.07, 6.45) is 4.30. The molecule has 0 spiro atoms. The van der Waals surface area contributed by atoms with Gasteiger partial charge in [0.25, 0.3) is 11.5 Å². The number of nitrogens with two attached hydrogens (primary N) is 1. The molecule has 0 fully saturated rings. The highest BCUT2D eigenvalue weighted by molar-refractivity contribution is 5.93. The molecule has 1 amide bonds. The van der Waals surface area contributed by atoms with Crippen molar-refractivity contribution in [2.24, 2.45) is 23.5 Å². The molecule has 0 aromatic carbocycles. The first-order valence-electron chi connectivity index (χ1n) is 10.6. The lowest BCUT2D eigenvalue weighted by molar-refractivity contribution is 0.0998. The third-order valence-electron chi connectivity index (χ3n) is 4.90. The molecule has 0 aliphatic heterocycles. The van der Waals surface area contributed by atoms with E-state index in [0.717, 1.165) is 41.8 Å². The van der Waals surface area contributed by atoms with Crippen molar-refractivity contribution in [1.82, 2.24) is 9.55 Å². The Bertz CT molecular complexity index is 911. The standard InChI is InChI=1S/C24H35N3O2/c1-15(2)8-10-27-22(18-7-9-26-20(13-18)12-17(5)6)19(11-16(3)4)14-21(23(25)28)24(27)29/h7,9,13-17H,8,10-12H2,1-6H3,(H2,25,28). The number of hydrogen-bond donors (Lipinski definition) is 1. The van der Waals surface area contributed by atoms with Crippen LogP contribution in [0.2, 0.25) is 0 Å². The molecule has 0 atom stereocenters. The zero-order valence-electron chi connectivity index (χ0n) is 18.7. The Morgan fingerprint density at radius 1 is 1.03 bits per heavy atom. The van der Waals surface area contributed by atoms with Gasteiger partial charge >= 0.3 is 0 Å². The minimum Gasteiger partial charge on any atom is -0.365 e. The molecule has 0 saturated heterocycles. The Kier molecular flexibility index (Phi) is 7.77. The summed E-state index contributed by atoms with van der Waals surface area (Å²) < 4.78 is 1.76. The molecule has 158 valence electrons. The van der Waals surface area contributed by atoms with Crippen LogP contribution < -0.4 is 11.3 Å². The van der Waals surface area contributed by atoms with Crippen LogP contribution >= 0.6 is 0 Å². The molecule has 2 aromatic rings. The molecular formula is C24H35N3O2. The SMILES string of the molecule is CC(C)CCn1c(-c2ccnc(CC(C)C)c2)c(CC(C)C)cc(C(N)=O)c1=O. The van der Waals surface area contributed by atoms with Crippen LogP contribution in [0, 0.1) is 17.8 Å². The molecule has 2 N–H and O–H groups in total. The third-order valence-corrected chi connectivity index (χ3v) is 4.90. The monoisotopic (exact) mass is 397 g/mol. The van der Waals surface area contributed by atoms with E-state index in [0.29, 0.717) is 24.3 Å². The minimum absolute atomic E-state index is 0.0737. The molecule has 0 radical (unpaired) electrons. The molecule has 0 saturated carbocycles. The first-order chi connectivity index (χ1) is 13.6. The van der Waals surface area contributed by atoms with E-state index in [-0.39, 0.29) is 11.1 Å². The van der Waals surface area contributed by atoms with Crippen LogP contribution in [0.5, 0.6) is 0 Å². The first kappa shape index (κ1) is 22.9. The molecule has 0 aliphatic rings. The lowest BCUT2D eigenvalue weighted by Crippen LogP contribution is -2.32. The summed E-state index contributed by atoms with van der Waals surface area (Å²) in [5.74, 6) is 0.644. The zero-order chi connectivity index (χ0) is 21.7. The molecule has 0 bridgehead atoms. The molecule has 5 heteroatoms. The van der Waals surface area contributed by atoms with Gasteiger partial charge in [-0.3, -0.25) is 14.6 Å². The van der Waals surface area contributed by atoms with Crippen molar-refractivity contribution in [3.63, 3.8) is 0 Å². The van der Waals surface area contributed by atoms with Gasteiger partial charge in [0, 0.05) is 24.0 Å². The van der Waals surface area contributed by atoms with Gasteiger partial charge in [-0.1, -0.05) is 41.5 Å². The fourth-order valence-corrected chi connectivity index (χ4v) is 3.59. The van der Waals surface area contributed by atoms with Gasteiger partial charge in [-0.05, 0) is 60.8 Å². The lowest BCUT2D eigenvalue weighted by Gasteiger charge is -2.21. The predicted molar refractivity (Wildman–Crippen MR) is 119 cm³/mol. The summed E-state index contributed by atoms with van der Waals surface area (Å²) >= 11 is 0. The Balaban J connectivity index is 2.76. The summed E-state index contributed by atoms with van der Waals surface area (Å²) in [4.78, 5) is 29.6. The van der Waals surface area contributed by atoms with E-state index in [1.807, 2.05) is 12.3 Å². The fraction of sp³-hybridized carbons (Fsp3) is 0.542.